The molecule has 2 nitrogen and oxygen atoms in total. The first kappa shape index (κ1) is 15.1. The van der Waals surface area contributed by atoms with E-state index >= 15 is 0 Å². The topological polar surface area (TPSA) is 26.3 Å². The van der Waals surface area contributed by atoms with E-state index in [4.69, 9.17) is 4.74 Å². The Kier molecular flexibility index (Phi) is 6.10. The van der Waals surface area contributed by atoms with E-state index in [9.17, 15) is 4.79 Å². The largest absolute Gasteiger partial charge is 0.490 e. The van der Waals surface area contributed by atoms with E-state index in [1.165, 1.54) is 44.9 Å². The molecule has 1 aromatic rings. The molecule has 0 unspecified atom stereocenters. The molecule has 0 aliphatic heterocycles. The van der Waals surface area contributed by atoms with Crippen LogP contribution in [0.2, 0.25) is 0 Å². The summed E-state index contributed by atoms with van der Waals surface area (Å²) in [5.41, 5.74) is 0.821. The van der Waals surface area contributed by atoms with Crippen LogP contribution in [0.1, 0.15) is 75.1 Å². The number of Topliss-reactive ketones (excluding diaryl/α,β-unsaturated/α-hetero) is 1. The Morgan fingerprint density at radius 1 is 1.05 bits per heavy atom. The van der Waals surface area contributed by atoms with Crippen LogP contribution in [-0.2, 0) is 0 Å². The predicted molar refractivity (Wildman–Crippen MR) is 82.4 cm³/mol. The van der Waals surface area contributed by atoms with Crippen molar-refractivity contribution in [2.45, 2.75) is 70.8 Å². The fraction of sp³-hybridized carbons (Fsp3) is 0.611. The van der Waals surface area contributed by atoms with Crippen LogP contribution < -0.4 is 4.74 Å². The van der Waals surface area contributed by atoms with Gasteiger partial charge < -0.3 is 4.74 Å². The fourth-order valence-electron chi connectivity index (χ4n) is 2.31. The number of hydrogen-bond donors (Lipinski definition) is 0. The van der Waals surface area contributed by atoms with Gasteiger partial charge in [0.05, 0.1) is 6.10 Å². The Morgan fingerprint density at radius 2 is 1.70 bits per heavy atom. The molecule has 0 radical (unpaired) electrons. The summed E-state index contributed by atoms with van der Waals surface area (Å²) in [6, 6.07) is 7.65. The summed E-state index contributed by atoms with van der Waals surface area (Å²) in [6.45, 7) is 2.22. The van der Waals surface area contributed by atoms with Crippen molar-refractivity contribution in [1.82, 2.24) is 0 Å². The number of unbranched alkanes of at least 4 members (excludes halogenated alkanes) is 5. The van der Waals surface area contributed by atoms with Gasteiger partial charge in [0.2, 0.25) is 0 Å². The minimum atomic E-state index is 0.262. The van der Waals surface area contributed by atoms with E-state index in [0.717, 1.165) is 17.7 Å². The molecule has 0 N–H and O–H groups in total. The van der Waals surface area contributed by atoms with Gasteiger partial charge in [-0.1, -0.05) is 39.0 Å². The van der Waals surface area contributed by atoms with E-state index in [-0.39, 0.29) is 5.78 Å². The second-order valence-corrected chi connectivity index (χ2v) is 5.78. The Labute approximate surface area is 122 Å². The van der Waals surface area contributed by atoms with Gasteiger partial charge in [0.1, 0.15) is 5.75 Å². The molecule has 1 aliphatic carbocycles. The van der Waals surface area contributed by atoms with Gasteiger partial charge in [-0.3, -0.25) is 4.79 Å². The summed E-state index contributed by atoms with van der Waals surface area (Å²) < 4.78 is 5.68. The second kappa shape index (κ2) is 8.08. The zero-order chi connectivity index (χ0) is 14.2. The number of ether oxygens (including phenoxy) is 1. The molecule has 1 saturated carbocycles. The quantitative estimate of drug-likeness (QED) is 0.435. The first-order valence-electron chi connectivity index (χ1n) is 8.09. The number of carbonyl (C=O) groups excluding carboxylic acids is 1. The highest BCUT2D eigenvalue weighted by atomic mass is 16.5. The monoisotopic (exact) mass is 274 g/mol. The highest BCUT2D eigenvalue weighted by Gasteiger charge is 2.23. The standard InChI is InChI=1S/C18H26O2/c1-2-3-4-5-6-7-8-18(19)15-9-11-16(12-10-15)20-17-13-14-17/h9-12,17H,2-8,13-14H2,1H3. The third-order valence-corrected chi connectivity index (χ3v) is 3.76. The second-order valence-electron chi connectivity index (χ2n) is 5.78. The molecule has 1 aromatic carbocycles. The van der Waals surface area contributed by atoms with Crippen molar-refractivity contribution >= 4 is 5.78 Å². The molecular weight excluding hydrogens is 248 g/mol. The molecule has 0 aromatic heterocycles. The predicted octanol–water partition coefficient (Wildman–Crippen LogP) is 5.16. The molecule has 2 rings (SSSR count). The number of rotatable bonds is 10. The van der Waals surface area contributed by atoms with Crippen molar-refractivity contribution in [2.24, 2.45) is 0 Å². The summed E-state index contributed by atoms with van der Waals surface area (Å²) in [4.78, 5) is 12.0. The maximum atomic E-state index is 12.0. The summed E-state index contributed by atoms with van der Waals surface area (Å²) in [6.07, 6.45) is 10.8. The molecule has 0 bridgehead atoms. The van der Waals surface area contributed by atoms with E-state index < -0.39 is 0 Å². The van der Waals surface area contributed by atoms with E-state index in [2.05, 4.69) is 6.92 Å². The van der Waals surface area contributed by atoms with Gasteiger partial charge in [0.15, 0.2) is 5.78 Å². The van der Waals surface area contributed by atoms with Crippen LogP contribution in [0.3, 0.4) is 0 Å². The number of carbonyl (C=O) groups is 1. The third-order valence-electron chi connectivity index (χ3n) is 3.76. The van der Waals surface area contributed by atoms with Crippen molar-refractivity contribution in [3.63, 3.8) is 0 Å². The summed E-state index contributed by atoms with van der Waals surface area (Å²) in [5.74, 6) is 1.15. The Morgan fingerprint density at radius 3 is 2.35 bits per heavy atom. The SMILES string of the molecule is CCCCCCCCC(=O)c1ccc(OC2CC2)cc1. The number of ketones is 1. The van der Waals surface area contributed by atoms with Gasteiger partial charge in [-0.2, -0.15) is 0 Å². The molecule has 0 spiro atoms. The smallest absolute Gasteiger partial charge is 0.162 e. The van der Waals surface area contributed by atoms with Crippen LogP contribution in [-0.4, -0.2) is 11.9 Å². The van der Waals surface area contributed by atoms with Crippen LogP contribution in [0.15, 0.2) is 24.3 Å². The molecule has 0 heterocycles. The summed E-state index contributed by atoms with van der Waals surface area (Å²) in [5, 5.41) is 0. The van der Waals surface area contributed by atoms with Crippen molar-refractivity contribution in [1.29, 1.82) is 0 Å². The zero-order valence-electron chi connectivity index (χ0n) is 12.6. The van der Waals surface area contributed by atoms with Gasteiger partial charge in [-0.25, -0.2) is 0 Å². The lowest BCUT2D eigenvalue weighted by atomic mass is 10.0. The lowest BCUT2D eigenvalue weighted by molar-refractivity contribution is 0.0979. The molecular formula is C18H26O2. The molecule has 110 valence electrons. The number of hydrogen-bond acceptors (Lipinski definition) is 2. The average molecular weight is 274 g/mol. The molecule has 2 heteroatoms. The van der Waals surface area contributed by atoms with Crippen LogP contribution in [0.5, 0.6) is 5.75 Å². The van der Waals surface area contributed by atoms with E-state index in [1.807, 2.05) is 24.3 Å². The molecule has 1 aliphatic rings. The maximum Gasteiger partial charge on any atom is 0.162 e. The van der Waals surface area contributed by atoms with Gasteiger partial charge in [-0.05, 0) is 43.5 Å². The lowest BCUT2D eigenvalue weighted by Gasteiger charge is -2.05. The third kappa shape index (κ3) is 5.36. The number of benzene rings is 1. The summed E-state index contributed by atoms with van der Waals surface area (Å²) >= 11 is 0. The van der Waals surface area contributed by atoms with Crippen molar-refractivity contribution in [2.75, 3.05) is 0 Å². The van der Waals surface area contributed by atoms with E-state index in [0.29, 0.717) is 12.5 Å². The minimum Gasteiger partial charge on any atom is -0.490 e. The Bertz CT molecular complexity index is 404. The highest BCUT2D eigenvalue weighted by molar-refractivity contribution is 5.96. The molecule has 20 heavy (non-hydrogen) atoms. The van der Waals surface area contributed by atoms with Crippen LogP contribution in [0.4, 0.5) is 0 Å². The van der Waals surface area contributed by atoms with Crippen molar-refractivity contribution in [3.8, 4) is 5.75 Å². The fourth-order valence-corrected chi connectivity index (χ4v) is 2.31. The first-order chi connectivity index (χ1) is 9.79. The first-order valence-corrected chi connectivity index (χ1v) is 8.09. The van der Waals surface area contributed by atoms with Crippen LogP contribution in [0, 0.1) is 0 Å². The minimum absolute atomic E-state index is 0.262. The van der Waals surface area contributed by atoms with Crippen LogP contribution >= 0.6 is 0 Å². The summed E-state index contributed by atoms with van der Waals surface area (Å²) in [7, 11) is 0. The van der Waals surface area contributed by atoms with Gasteiger partial charge >= 0.3 is 0 Å². The molecule has 0 atom stereocenters. The van der Waals surface area contributed by atoms with Crippen LogP contribution in [0.25, 0.3) is 0 Å². The Hall–Kier alpha value is -1.31. The lowest BCUT2D eigenvalue weighted by Crippen LogP contribution is -2.00. The Balaban J connectivity index is 1.66. The molecule has 0 saturated heterocycles. The maximum absolute atomic E-state index is 12.0. The van der Waals surface area contributed by atoms with Crippen molar-refractivity contribution in [3.05, 3.63) is 29.8 Å². The zero-order valence-corrected chi connectivity index (χ0v) is 12.6. The highest BCUT2D eigenvalue weighted by Crippen LogP contribution is 2.26. The van der Waals surface area contributed by atoms with Gasteiger partial charge in [-0.15, -0.1) is 0 Å². The normalized spacial score (nSPS) is 14.2. The van der Waals surface area contributed by atoms with E-state index in [1.54, 1.807) is 0 Å². The average Bonchev–Trinajstić information content (AvgIpc) is 3.27. The molecule has 1 fully saturated rings. The van der Waals surface area contributed by atoms with Gasteiger partial charge in [0.25, 0.3) is 0 Å². The van der Waals surface area contributed by atoms with Crippen molar-refractivity contribution < 1.29 is 9.53 Å². The molecule has 0 amide bonds. The van der Waals surface area contributed by atoms with Gasteiger partial charge in [0, 0.05) is 12.0 Å².